The van der Waals surface area contributed by atoms with Gasteiger partial charge in [0, 0.05) is 31.9 Å². The molecule has 1 fully saturated rings. The summed E-state index contributed by atoms with van der Waals surface area (Å²) < 4.78 is 5.23. The van der Waals surface area contributed by atoms with Gasteiger partial charge in [0.2, 0.25) is 0 Å². The van der Waals surface area contributed by atoms with Crippen LogP contribution in [0.2, 0.25) is 0 Å². The molecule has 0 aliphatic carbocycles. The molecule has 2 amide bonds. The second-order valence-corrected chi connectivity index (χ2v) is 8.55. The number of benzene rings is 3. The number of ether oxygens (including phenoxy) is 1. The number of aryl methyl sites for hydroxylation is 1. The van der Waals surface area contributed by atoms with Gasteiger partial charge < -0.3 is 14.5 Å². The molecule has 0 bridgehead atoms. The summed E-state index contributed by atoms with van der Waals surface area (Å²) in [6, 6.07) is 24.9. The highest BCUT2D eigenvalue weighted by molar-refractivity contribution is 6.45. The molecular weight excluding hydrogens is 426 g/mol. The van der Waals surface area contributed by atoms with Gasteiger partial charge in [0.05, 0.1) is 18.4 Å². The summed E-state index contributed by atoms with van der Waals surface area (Å²) in [6.45, 7) is 4.97. The van der Waals surface area contributed by atoms with Gasteiger partial charge in [-0.05, 0) is 54.4 Å². The summed E-state index contributed by atoms with van der Waals surface area (Å²) in [5.74, 6) is 0.0992. The monoisotopic (exact) mass is 453 g/mol. The van der Waals surface area contributed by atoms with E-state index in [1.807, 2.05) is 30.3 Å². The number of anilines is 2. The van der Waals surface area contributed by atoms with Crippen molar-refractivity contribution in [3.63, 3.8) is 0 Å². The smallest absolute Gasteiger partial charge is 0.282 e. The molecule has 5 rings (SSSR count). The fraction of sp³-hybridized carbons (Fsp3) is 0.214. The molecule has 0 N–H and O–H groups in total. The van der Waals surface area contributed by atoms with Crippen LogP contribution in [-0.2, 0) is 9.59 Å². The van der Waals surface area contributed by atoms with E-state index in [9.17, 15) is 9.59 Å². The normalized spacial score (nSPS) is 16.5. The molecule has 2 aliphatic rings. The molecule has 0 saturated carbocycles. The number of imide groups is 1. The lowest BCUT2D eigenvalue weighted by Crippen LogP contribution is -2.47. The van der Waals surface area contributed by atoms with Gasteiger partial charge in [-0.3, -0.25) is 9.59 Å². The van der Waals surface area contributed by atoms with Crippen molar-refractivity contribution in [3.05, 3.63) is 95.7 Å². The highest BCUT2D eigenvalue weighted by Gasteiger charge is 2.43. The van der Waals surface area contributed by atoms with E-state index in [0.29, 0.717) is 35.8 Å². The Balaban J connectivity index is 1.47. The maximum atomic E-state index is 13.7. The number of rotatable bonds is 5. The zero-order chi connectivity index (χ0) is 23.7. The summed E-state index contributed by atoms with van der Waals surface area (Å²) >= 11 is 0. The highest BCUT2D eigenvalue weighted by Crippen LogP contribution is 2.36. The van der Waals surface area contributed by atoms with Crippen LogP contribution in [0.4, 0.5) is 11.4 Å². The lowest BCUT2D eigenvalue weighted by molar-refractivity contribution is -0.120. The fourth-order valence-corrected chi connectivity index (χ4v) is 4.66. The summed E-state index contributed by atoms with van der Waals surface area (Å²) in [5.41, 5.74) is 4.65. The molecule has 2 heterocycles. The van der Waals surface area contributed by atoms with Gasteiger partial charge in [0.1, 0.15) is 11.4 Å². The van der Waals surface area contributed by atoms with Crippen molar-refractivity contribution in [2.24, 2.45) is 0 Å². The van der Waals surface area contributed by atoms with Gasteiger partial charge in [-0.15, -0.1) is 0 Å². The average molecular weight is 454 g/mol. The molecule has 3 aromatic carbocycles. The summed E-state index contributed by atoms with van der Waals surface area (Å²) in [5, 5.41) is 0. The van der Waals surface area contributed by atoms with Gasteiger partial charge in [-0.25, -0.2) is 4.90 Å². The number of amides is 2. The number of carbonyl (C=O) groups is 2. The van der Waals surface area contributed by atoms with Crippen LogP contribution in [0.3, 0.4) is 0 Å². The van der Waals surface area contributed by atoms with E-state index in [-0.39, 0.29) is 11.8 Å². The first-order valence-corrected chi connectivity index (χ1v) is 11.5. The second kappa shape index (κ2) is 9.06. The molecule has 0 radical (unpaired) electrons. The van der Waals surface area contributed by atoms with Crippen LogP contribution >= 0.6 is 0 Å². The Morgan fingerprint density at radius 2 is 1.38 bits per heavy atom. The maximum Gasteiger partial charge on any atom is 0.282 e. The van der Waals surface area contributed by atoms with Crippen molar-refractivity contribution < 1.29 is 14.3 Å². The Morgan fingerprint density at radius 1 is 0.706 bits per heavy atom. The summed E-state index contributed by atoms with van der Waals surface area (Å²) in [7, 11) is 1.59. The van der Waals surface area contributed by atoms with Crippen molar-refractivity contribution in [2.45, 2.75) is 6.92 Å². The van der Waals surface area contributed by atoms with E-state index >= 15 is 0 Å². The summed E-state index contributed by atoms with van der Waals surface area (Å²) in [4.78, 5) is 33.0. The standard InChI is InChI=1S/C28H27N3O3/c1-20-7-6-10-23(19-20)29-15-17-30(18-16-29)26-25(21-8-4-3-5-9-21)27(32)31(28(26)33)22-11-13-24(34-2)14-12-22/h3-14,19H,15-18H2,1-2H3. The van der Waals surface area contributed by atoms with Gasteiger partial charge in [0.15, 0.2) is 0 Å². The molecule has 0 aromatic heterocycles. The number of methoxy groups -OCH3 is 1. The summed E-state index contributed by atoms with van der Waals surface area (Å²) in [6.07, 6.45) is 0. The van der Waals surface area contributed by atoms with E-state index in [1.54, 1.807) is 31.4 Å². The second-order valence-electron chi connectivity index (χ2n) is 8.55. The third-order valence-corrected chi connectivity index (χ3v) is 6.42. The minimum atomic E-state index is -0.294. The molecule has 0 spiro atoms. The van der Waals surface area contributed by atoms with Crippen LogP contribution in [0.15, 0.2) is 84.6 Å². The number of hydrogen-bond acceptors (Lipinski definition) is 5. The van der Waals surface area contributed by atoms with E-state index in [2.05, 4.69) is 41.0 Å². The Hall–Kier alpha value is -4.06. The van der Waals surface area contributed by atoms with Crippen molar-refractivity contribution in [1.29, 1.82) is 0 Å². The Labute approximate surface area is 199 Å². The van der Waals surface area contributed by atoms with Crippen molar-refractivity contribution in [3.8, 4) is 5.75 Å². The fourth-order valence-electron chi connectivity index (χ4n) is 4.66. The molecule has 34 heavy (non-hydrogen) atoms. The lowest BCUT2D eigenvalue weighted by Gasteiger charge is -2.37. The number of nitrogens with zero attached hydrogens (tertiary/aromatic N) is 3. The van der Waals surface area contributed by atoms with Gasteiger partial charge in [-0.2, -0.15) is 0 Å². The van der Waals surface area contributed by atoms with Crippen molar-refractivity contribution in [1.82, 2.24) is 4.90 Å². The van der Waals surface area contributed by atoms with Crippen molar-refractivity contribution >= 4 is 28.8 Å². The Morgan fingerprint density at radius 3 is 2.03 bits per heavy atom. The quantitative estimate of drug-likeness (QED) is 0.544. The Bertz CT molecular complexity index is 1240. The SMILES string of the molecule is COc1ccc(N2C(=O)C(c3ccccc3)=C(N3CCN(c4cccc(C)c4)CC3)C2=O)cc1. The van der Waals surface area contributed by atoms with Gasteiger partial charge in [-0.1, -0.05) is 42.5 Å². The predicted molar refractivity (Wildman–Crippen MR) is 134 cm³/mol. The number of hydrogen-bond donors (Lipinski definition) is 0. The lowest BCUT2D eigenvalue weighted by atomic mass is 10.0. The van der Waals surface area contributed by atoms with Crippen LogP contribution in [-0.4, -0.2) is 50.0 Å². The first kappa shape index (κ1) is 21.8. The maximum absolute atomic E-state index is 13.7. The van der Waals surface area contributed by atoms with Crippen LogP contribution in [0.5, 0.6) is 5.75 Å². The third-order valence-electron chi connectivity index (χ3n) is 6.42. The predicted octanol–water partition coefficient (Wildman–Crippen LogP) is 4.11. The van der Waals surface area contributed by atoms with E-state index in [0.717, 1.165) is 18.7 Å². The first-order chi connectivity index (χ1) is 16.6. The largest absolute Gasteiger partial charge is 0.497 e. The van der Waals surface area contributed by atoms with Crippen molar-refractivity contribution in [2.75, 3.05) is 43.1 Å². The molecule has 3 aromatic rings. The highest BCUT2D eigenvalue weighted by atomic mass is 16.5. The number of piperazine rings is 1. The molecule has 0 unspecified atom stereocenters. The first-order valence-electron chi connectivity index (χ1n) is 11.5. The molecule has 1 saturated heterocycles. The van der Waals surface area contributed by atoms with Gasteiger partial charge >= 0.3 is 0 Å². The van der Waals surface area contributed by atoms with Crippen LogP contribution in [0.1, 0.15) is 11.1 Å². The van der Waals surface area contributed by atoms with Gasteiger partial charge in [0.25, 0.3) is 11.8 Å². The van der Waals surface area contributed by atoms with E-state index in [1.165, 1.54) is 16.2 Å². The molecular formula is C28H27N3O3. The van der Waals surface area contributed by atoms with E-state index in [4.69, 9.17) is 4.74 Å². The van der Waals surface area contributed by atoms with E-state index < -0.39 is 0 Å². The topological polar surface area (TPSA) is 53.1 Å². The zero-order valence-corrected chi connectivity index (χ0v) is 19.4. The number of carbonyl (C=O) groups excluding carboxylic acids is 2. The minimum Gasteiger partial charge on any atom is -0.497 e. The molecule has 6 nitrogen and oxygen atoms in total. The average Bonchev–Trinajstić information content (AvgIpc) is 3.14. The van der Waals surface area contributed by atoms with Crippen LogP contribution < -0.4 is 14.5 Å². The third kappa shape index (κ3) is 3.92. The van der Waals surface area contributed by atoms with Crippen LogP contribution in [0.25, 0.3) is 5.57 Å². The van der Waals surface area contributed by atoms with Crippen LogP contribution in [0, 0.1) is 6.92 Å². The molecule has 172 valence electrons. The molecule has 6 heteroatoms. The Kier molecular flexibility index (Phi) is 5.80. The zero-order valence-electron chi connectivity index (χ0n) is 19.4. The minimum absolute atomic E-state index is 0.280. The molecule has 0 atom stereocenters. The molecule has 2 aliphatic heterocycles.